The Labute approximate surface area is 167 Å². The maximum atomic E-state index is 12.6. The van der Waals surface area contributed by atoms with Crippen LogP contribution in [0.1, 0.15) is 37.6 Å². The van der Waals surface area contributed by atoms with Crippen LogP contribution in [0.4, 0.5) is 4.79 Å². The van der Waals surface area contributed by atoms with Gasteiger partial charge < -0.3 is 15.4 Å². The Kier molecular flexibility index (Phi) is 7.13. The summed E-state index contributed by atoms with van der Waals surface area (Å²) in [4.78, 5) is 52.7. The molecule has 0 spiro atoms. The zero-order valence-electron chi connectivity index (χ0n) is 17.3. The van der Waals surface area contributed by atoms with Gasteiger partial charge in [0.05, 0.1) is 17.6 Å². The third-order valence-electron chi connectivity index (χ3n) is 4.42. The van der Waals surface area contributed by atoms with Crippen LogP contribution in [0.25, 0.3) is 11.0 Å². The smallest absolute Gasteiger partial charge is 0.407 e. The standard InChI is InChI=1S/C19H27N5O5/c1-6-29-18(27)22-13(7-11(2)3)10-21-16(25)12-8-14-15(20-9-12)23(4)19(28)24(5)17(14)26/h8-9,11,13H,6-7,10H2,1-5H3,(H,21,25)(H,22,27). The highest BCUT2D eigenvalue weighted by atomic mass is 16.5. The van der Waals surface area contributed by atoms with E-state index in [-0.39, 0.29) is 35.8 Å². The summed E-state index contributed by atoms with van der Waals surface area (Å²) in [6, 6.07) is 1.11. The number of nitrogens with one attached hydrogen (secondary N) is 2. The lowest BCUT2D eigenvalue weighted by Crippen LogP contribution is -2.44. The molecular weight excluding hydrogens is 378 g/mol. The first-order valence-electron chi connectivity index (χ1n) is 9.42. The Morgan fingerprint density at radius 3 is 2.52 bits per heavy atom. The summed E-state index contributed by atoms with van der Waals surface area (Å²) in [6.45, 7) is 6.18. The predicted octanol–water partition coefficient (Wildman–Crippen LogP) is 0.523. The summed E-state index contributed by atoms with van der Waals surface area (Å²) >= 11 is 0. The Hall–Kier alpha value is -3.17. The summed E-state index contributed by atoms with van der Waals surface area (Å²) in [5, 5.41) is 5.66. The number of carbonyl (C=O) groups excluding carboxylic acids is 2. The number of pyridine rings is 1. The third kappa shape index (κ3) is 5.21. The van der Waals surface area contributed by atoms with Crippen LogP contribution in [0.2, 0.25) is 0 Å². The van der Waals surface area contributed by atoms with E-state index in [4.69, 9.17) is 4.74 Å². The highest BCUT2D eigenvalue weighted by Gasteiger charge is 2.18. The number of rotatable bonds is 7. The van der Waals surface area contributed by atoms with Gasteiger partial charge in [-0.1, -0.05) is 13.8 Å². The molecule has 0 aliphatic carbocycles. The van der Waals surface area contributed by atoms with Crippen molar-refractivity contribution in [3.63, 3.8) is 0 Å². The molecule has 0 bridgehead atoms. The van der Waals surface area contributed by atoms with Crippen LogP contribution in [0.3, 0.4) is 0 Å². The molecular formula is C19H27N5O5. The van der Waals surface area contributed by atoms with Gasteiger partial charge in [0.2, 0.25) is 0 Å². The minimum atomic E-state index is -0.538. The van der Waals surface area contributed by atoms with Crippen molar-refractivity contribution in [3.05, 3.63) is 38.7 Å². The van der Waals surface area contributed by atoms with Crippen molar-refractivity contribution in [3.8, 4) is 0 Å². The van der Waals surface area contributed by atoms with Crippen LogP contribution in [0, 0.1) is 5.92 Å². The van der Waals surface area contributed by atoms with Crippen molar-refractivity contribution in [2.75, 3.05) is 13.2 Å². The largest absolute Gasteiger partial charge is 0.450 e. The first-order chi connectivity index (χ1) is 13.6. The number of aryl methyl sites for hydroxylation is 1. The molecule has 2 heterocycles. The number of aromatic nitrogens is 3. The van der Waals surface area contributed by atoms with Crippen LogP contribution in [-0.2, 0) is 18.8 Å². The molecule has 29 heavy (non-hydrogen) atoms. The fourth-order valence-electron chi connectivity index (χ4n) is 3.01. The monoisotopic (exact) mass is 405 g/mol. The van der Waals surface area contributed by atoms with Crippen LogP contribution in [0.15, 0.2) is 21.9 Å². The van der Waals surface area contributed by atoms with E-state index < -0.39 is 23.2 Å². The number of carbonyl (C=O) groups is 2. The van der Waals surface area contributed by atoms with E-state index in [1.54, 1.807) is 6.92 Å². The van der Waals surface area contributed by atoms with Crippen molar-refractivity contribution >= 4 is 23.0 Å². The van der Waals surface area contributed by atoms with Gasteiger partial charge >= 0.3 is 11.8 Å². The van der Waals surface area contributed by atoms with Gasteiger partial charge in [-0.05, 0) is 25.3 Å². The van der Waals surface area contributed by atoms with E-state index in [2.05, 4.69) is 15.6 Å². The lowest BCUT2D eigenvalue weighted by atomic mass is 10.0. The molecule has 1 atom stereocenters. The maximum absolute atomic E-state index is 12.6. The molecule has 0 saturated heterocycles. The molecule has 0 saturated carbocycles. The topological polar surface area (TPSA) is 124 Å². The Morgan fingerprint density at radius 2 is 1.90 bits per heavy atom. The summed E-state index contributed by atoms with van der Waals surface area (Å²) in [5.74, 6) is -0.139. The number of hydrogen-bond donors (Lipinski definition) is 2. The second-order valence-corrected chi connectivity index (χ2v) is 7.20. The van der Waals surface area contributed by atoms with Gasteiger partial charge in [-0.2, -0.15) is 0 Å². The van der Waals surface area contributed by atoms with Gasteiger partial charge in [-0.15, -0.1) is 0 Å². The van der Waals surface area contributed by atoms with E-state index in [9.17, 15) is 19.2 Å². The number of fused-ring (bicyclic) bond motifs is 1. The summed E-state index contributed by atoms with van der Waals surface area (Å²) < 4.78 is 7.12. The van der Waals surface area contributed by atoms with Crippen LogP contribution < -0.4 is 21.9 Å². The quantitative estimate of drug-likeness (QED) is 0.692. The lowest BCUT2D eigenvalue weighted by Gasteiger charge is -2.20. The summed E-state index contributed by atoms with van der Waals surface area (Å²) in [7, 11) is 2.88. The van der Waals surface area contributed by atoms with Gasteiger partial charge in [-0.3, -0.25) is 18.7 Å². The minimum absolute atomic E-state index is 0.172. The van der Waals surface area contributed by atoms with Crippen molar-refractivity contribution in [1.82, 2.24) is 24.8 Å². The van der Waals surface area contributed by atoms with Crippen LogP contribution in [-0.4, -0.2) is 45.3 Å². The van der Waals surface area contributed by atoms with E-state index in [1.165, 1.54) is 30.9 Å². The molecule has 10 nitrogen and oxygen atoms in total. The molecule has 2 aromatic heterocycles. The van der Waals surface area contributed by atoms with Gasteiger partial charge in [0, 0.05) is 32.9 Å². The highest BCUT2D eigenvalue weighted by Crippen LogP contribution is 2.08. The molecule has 10 heteroatoms. The van der Waals surface area contributed by atoms with E-state index >= 15 is 0 Å². The molecule has 0 aliphatic heterocycles. The van der Waals surface area contributed by atoms with Crippen molar-refractivity contribution in [1.29, 1.82) is 0 Å². The normalized spacial score (nSPS) is 12.1. The predicted molar refractivity (Wildman–Crippen MR) is 108 cm³/mol. The van der Waals surface area contributed by atoms with E-state index in [0.29, 0.717) is 12.3 Å². The number of alkyl carbamates (subject to hydrolysis) is 1. The second-order valence-electron chi connectivity index (χ2n) is 7.20. The molecule has 0 radical (unpaired) electrons. The van der Waals surface area contributed by atoms with E-state index in [0.717, 1.165) is 4.57 Å². The summed E-state index contributed by atoms with van der Waals surface area (Å²) in [6.07, 6.45) is 1.42. The number of hydrogen-bond acceptors (Lipinski definition) is 6. The molecule has 158 valence electrons. The Morgan fingerprint density at radius 1 is 1.21 bits per heavy atom. The average Bonchev–Trinajstić information content (AvgIpc) is 2.67. The second kappa shape index (κ2) is 9.35. The SMILES string of the molecule is CCOC(=O)NC(CNC(=O)c1cnc2c(c1)c(=O)n(C)c(=O)n2C)CC(C)C. The zero-order chi connectivity index (χ0) is 21.7. The van der Waals surface area contributed by atoms with Gasteiger partial charge in [0.1, 0.15) is 5.65 Å². The van der Waals surface area contributed by atoms with Gasteiger partial charge in [0.15, 0.2) is 0 Å². The fraction of sp³-hybridized carbons (Fsp3) is 0.526. The van der Waals surface area contributed by atoms with Gasteiger partial charge in [0.25, 0.3) is 11.5 Å². The zero-order valence-corrected chi connectivity index (χ0v) is 17.3. The molecule has 1 unspecified atom stereocenters. The number of ether oxygens (including phenoxy) is 1. The molecule has 0 fully saturated rings. The minimum Gasteiger partial charge on any atom is -0.450 e. The third-order valence-corrected chi connectivity index (χ3v) is 4.42. The fourth-order valence-corrected chi connectivity index (χ4v) is 3.01. The number of amides is 2. The van der Waals surface area contributed by atoms with E-state index in [1.807, 2.05) is 13.8 Å². The molecule has 2 amide bonds. The highest BCUT2D eigenvalue weighted by molar-refractivity contribution is 5.96. The molecule has 2 rings (SSSR count). The molecule has 0 aliphatic rings. The van der Waals surface area contributed by atoms with Crippen LogP contribution in [0.5, 0.6) is 0 Å². The van der Waals surface area contributed by atoms with Crippen molar-refractivity contribution in [2.45, 2.75) is 33.2 Å². The Bertz CT molecular complexity index is 1020. The molecule has 2 aromatic rings. The lowest BCUT2D eigenvalue weighted by molar-refractivity contribution is 0.0944. The van der Waals surface area contributed by atoms with Crippen molar-refractivity contribution < 1.29 is 14.3 Å². The molecule has 2 N–H and O–H groups in total. The first kappa shape index (κ1) is 22.1. The number of nitrogens with zero attached hydrogens (tertiary/aromatic N) is 3. The first-order valence-corrected chi connectivity index (χ1v) is 9.42. The summed E-state index contributed by atoms with van der Waals surface area (Å²) in [5.41, 5.74) is -0.621. The van der Waals surface area contributed by atoms with Crippen LogP contribution >= 0.6 is 0 Å². The van der Waals surface area contributed by atoms with Crippen molar-refractivity contribution in [2.24, 2.45) is 20.0 Å². The molecule has 0 aromatic carbocycles. The maximum Gasteiger partial charge on any atom is 0.407 e. The average molecular weight is 405 g/mol. The Balaban J connectivity index is 2.20. The van der Waals surface area contributed by atoms with Gasteiger partial charge in [-0.25, -0.2) is 14.6 Å².